The first kappa shape index (κ1) is 24.2. The van der Waals surface area contributed by atoms with E-state index in [-0.39, 0.29) is 23.2 Å². The summed E-state index contributed by atoms with van der Waals surface area (Å²) in [6.45, 7) is 0.927. The molecule has 1 saturated carbocycles. The molecule has 1 aliphatic carbocycles. The van der Waals surface area contributed by atoms with Gasteiger partial charge in [0.1, 0.15) is 0 Å². The van der Waals surface area contributed by atoms with Crippen LogP contribution in [-0.4, -0.2) is 50.8 Å². The number of amides is 2. The number of rotatable bonds is 5. The van der Waals surface area contributed by atoms with Crippen LogP contribution in [-0.2, 0) is 11.6 Å². The van der Waals surface area contributed by atoms with E-state index < -0.39 is 17.8 Å². The number of para-hydroxylation sites is 1. The van der Waals surface area contributed by atoms with Crippen LogP contribution < -0.4 is 20.1 Å². The molecule has 1 heterocycles. The summed E-state index contributed by atoms with van der Waals surface area (Å²) in [5.74, 6) is 1.36. The Balaban J connectivity index is 1.49. The van der Waals surface area contributed by atoms with Gasteiger partial charge in [0.15, 0.2) is 11.5 Å². The molecule has 3 unspecified atom stereocenters. The van der Waals surface area contributed by atoms with Crippen molar-refractivity contribution in [2.45, 2.75) is 49.4 Å². The van der Waals surface area contributed by atoms with Gasteiger partial charge < -0.3 is 25.0 Å². The first-order valence-corrected chi connectivity index (χ1v) is 11.3. The van der Waals surface area contributed by atoms with Crippen LogP contribution in [0.1, 0.15) is 36.8 Å². The zero-order valence-corrected chi connectivity index (χ0v) is 19.5. The number of methoxy groups -OCH3 is 2. The van der Waals surface area contributed by atoms with E-state index in [0.29, 0.717) is 17.9 Å². The van der Waals surface area contributed by atoms with Gasteiger partial charge >= 0.3 is 12.2 Å². The molecule has 6 nitrogen and oxygen atoms in total. The van der Waals surface area contributed by atoms with Gasteiger partial charge in [0.05, 0.1) is 25.5 Å². The highest BCUT2D eigenvalue weighted by molar-refractivity contribution is 5.90. The van der Waals surface area contributed by atoms with Crippen LogP contribution in [0, 0.1) is 0 Å². The number of urea groups is 1. The number of benzene rings is 2. The van der Waals surface area contributed by atoms with E-state index in [1.165, 1.54) is 23.8 Å². The molecule has 2 fully saturated rings. The van der Waals surface area contributed by atoms with Gasteiger partial charge in [-0.1, -0.05) is 18.2 Å². The van der Waals surface area contributed by atoms with Gasteiger partial charge in [0, 0.05) is 17.5 Å². The number of hydrogen-bond donors (Lipinski definition) is 2. The highest BCUT2D eigenvalue weighted by Crippen LogP contribution is 2.50. The van der Waals surface area contributed by atoms with E-state index in [2.05, 4.69) is 28.6 Å². The third-order valence-corrected chi connectivity index (χ3v) is 7.30. The second-order valence-electron chi connectivity index (χ2n) is 9.09. The number of likely N-dealkylation sites (N-methyl/N-ethyl adjacent to an activating group) is 1. The minimum atomic E-state index is -4.54. The number of alkyl halides is 3. The quantitative estimate of drug-likeness (QED) is 0.634. The smallest absolute Gasteiger partial charge is 0.418 e. The molecular weight excluding hydrogens is 447 g/mol. The fourth-order valence-corrected chi connectivity index (χ4v) is 5.58. The number of halogens is 3. The van der Waals surface area contributed by atoms with Crippen molar-refractivity contribution in [3.05, 3.63) is 53.6 Å². The Kier molecular flexibility index (Phi) is 6.66. The summed E-state index contributed by atoms with van der Waals surface area (Å²) in [4.78, 5) is 14.9. The number of fused-ring (bicyclic) bond motifs is 1. The van der Waals surface area contributed by atoms with Gasteiger partial charge in [0.2, 0.25) is 0 Å². The summed E-state index contributed by atoms with van der Waals surface area (Å²) in [6, 6.07) is 10.5. The SMILES string of the molecule is COc1ccc(C23CCC(NC(=O)Nc4ccccc4C(F)(F)F)CC2N(C)CC3)cc1OC. The normalized spacial score (nSPS) is 24.9. The maximum atomic E-state index is 13.3. The van der Waals surface area contributed by atoms with E-state index in [4.69, 9.17) is 9.47 Å². The molecule has 9 heteroatoms. The van der Waals surface area contributed by atoms with E-state index in [1.807, 2.05) is 12.1 Å². The van der Waals surface area contributed by atoms with Crippen molar-refractivity contribution in [1.82, 2.24) is 10.2 Å². The summed E-state index contributed by atoms with van der Waals surface area (Å²) in [5.41, 5.74) is -0.00877. The van der Waals surface area contributed by atoms with Crippen LogP contribution in [0.4, 0.5) is 23.7 Å². The Morgan fingerprint density at radius 3 is 2.53 bits per heavy atom. The van der Waals surface area contributed by atoms with Gasteiger partial charge in [-0.15, -0.1) is 0 Å². The van der Waals surface area contributed by atoms with Gasteiger partial charge in [-0.2, -0.15) is 13.2 Å². The monoisotopic (exact) mass is 477 g/mol. The fourth-order valence-electron chi connectivity index (χ4n) is 5.58. The lowest BCUT2D eigenvalue weighted by atomic mass is 9.65. The van der Waals surface area contributed by atoms with Crippen molar-refractivity contribution in [1.29, 1.82) is 0 Å². The van der Waals surface area contributed by atoms with Gasteiger partial charge in [0.25, 0.3) is 0 Å². The Labute approximate surface area is 197 Å². The van der Waals surface area contributed by atoms with E-state index in [0.717, 1.165) is 31.9 Å². The summed E-state index contributed by atoms with van der Waals surface area (Å²) in [7, 11) is 5.31. The molecule has 0 bridgehead atoms. The molecule has 2 aliphatic rings. The van der Waals surface area contributed by atoms with Gasteiger partial charge in [-0.25, -0.2) is 4.79 Å². The molecule has 4 rings (SSSR count). The third-order valence-electron chi connectivity index (χ3n) is 7.30. The molecule has 184 valence electrons. The molecule has 2 N–H and O–H groups in total. The van der Waals surface area contributed by atoms with Crippen molar-refractivity contribution < 1.29 is 27.4 Å². The van der Waals surface area contributed by atoms with Crippen molar-refractivity contribution in [2.24, 2.45) is 0 Å². The molecule has 2 aromatic rings. The topological polar surface area (TPSA) is 62.8 Å². The number of hydrogen-bond acceptors (Lipinski definition) is 4. The van der Waals surface area contributed by atoms with Crippen molar-refractivity contribution in [3.8, 4) is 11.5 Å². The second kappa shape index (κ2) is 9.37. The predicted molar refractivity (Wildman–Crippen MR) is 123 cm³/mol. The molecule has 1 saturated heterocycles. The lowest BCUT2D eigenvalue weighted by Crippen LogP contribution is -2.52. The van der Waals surface area contributed by atoms with Crippen LogP contribution >= 0.6 is 0 Å². The Morgan fingerprint density at radius 2 is 1.82 bits per heavy atom. The molecule has 2 amide bonds. The van der Waals surface area contributed by atoms with Crippen LogP contribution in [0.15, 0.2) is 42.5 Å². The summed E-state index contributed by atoms with van der Waals surface area (Å²) in [5, 5.41) is 5.29. The van der Waals surface area contributed by atoms with E-state index >= 15 is 0 Å². The maximum Gasteiger partial charge on any atom is 0.418 e. The first-order valence-electron chi connectivity index (χ1n) is 11.3. The Morgan fingerprint density at radius 1 is 1.09 bits per heavy atom. The van der Waals surface area contributed by atoms with Crippen LogP contribution in [0.2, 0.25) is 0 Å². The molecule has 0 radical (unpaired) electrons. The molecule has 2 aromatic carbocycles. The van der Waals surface area contributed by atoms with Crippen LogP contribution in [0.25, 0.3) is 0 Å². The van der Waals surface area contributed by atoms with E-state index in [1.54, 1.807) is 14.2 Å². The molecule has 1 aliphatic heterocycles. The van der Waals surface area contributed by atoms with Gasteiger partial charge in [-0.3, -0.25) is 0 Å². The standard InChI is InChI=1S/C25H30F3N3O3/c1-31-13-12-24(16-8-9-20(33-2)21(14-16)34-3)11-10-17(15-22(24)31)29-23(32)30-19-7-5-4-6-18(19)25(26,27)28/h4-9,14,17,22H,10-13,15H2,1-3H3,(H2,29,30,32). The molecular formula is C25H30F3N3O3. The average Bonchev–Trinajstić information content (AvgIpc) is 3.15. The number of nitrogens with zero attached hydrogens (tertiary/aromatic N) is 1. The maximum absolute atomic E-state index is 13.3. The Bertz CT molecular complexity index is 1050. The van der Waals surface area contributed by atoms with E-state index in [9.17, 15) is 18.0 Å². The largest absolute Gasteiger partial charge is 0.493 e. The number of carbonyl (C=O) groups is 1. The lowest BCUT2D eigenvalue weighted by Gasteiger charge is -2.45. The average molecular weight is 478 g/mol. The zero-order valence-electron chi connectivity index (χ0n) is 19.5. The number of anilines is 1. The van der Waals surface area contributed by atoms with Crippen LogP contribution in [0.3, 0.4) is 0 Å². The molecule has 0 spiro atoms. The lowest BCUT2D eigenvalue weighted by molar-refractivity contribution is -0.136. The molecule has 0 aromatic heterocycles. The second-order valence-corrected chi connectivity index (χ2v) is 9.09. The summed E-state index contributed by atoms with van der Waals surface area (Å²) < 4.78 is 50.7. The third kappa shape index (κ3) is 4.53. The van der Waals surface area contributed by atoms with Crippen molar-refractivity contribution in [2.75, 3.05) is 33.1 Å². The highest BCUT2D eigenvalue weighted by atomic mass is 19.4. The predicted octanol–water partition coefficient (Wildman–Crippen LogP) is 5.04. The number of likely N-dealkylation sites (tertiary alicyclic amines) is 1. The summed E-state index contributed by atoms with van der Waals surface area (Å²) >= 11 is 0. The summed E-state index contributed by atoms with van der Waals surface area (Å²) in [6.07, 6.45) is -1.27. The number of carbonyl (C=O) groups excluding carboxylic acids is 1. The highest BCUT2D eigenvalue weighted by Gasteiger charge is 2.50. The first-order chi connectivity index (χ1) is 16.2. The minimum absolute atomic E-state index is 0.0775. The van der Waals surface area contributed by atoms with Crippen molar-refractivity contribution in [3.63, 3.8) is 0 Å². The van der Waals surface area contributed by atoms with Gasteiger partial charge in [-0.05, 0) is 69.1 Å². The van der Waals surface area contributed by atoms with Crippen molar-refractivity contribution >= 4 is 11.7 Å². The Hall–Kier alpha value is -2.94. The molecule has 34 heavy (non-hydrogen) atoms. The van der Waals surface area contributed by atoms with Crippen LogP contribution in [0.5, 0.6) is 11.5 Å². The minimum Gasteiger partial charge on any atom is -0.493 e. The number of ether oxygens (including phenoxy) is 2. The zero-order chi connectivity index (χ0) is 24.5. The fraction of sp³-hybridized carbons (Fsp3) is 0.480. The molecule has 3 atom stereocenters. The number of nitrogens with one attached hydrogen (secondary N) is 2.